The highest BCUT2D eigenvalue weighted by Crippen LogP contribution is 2.28. The number of β-amino-alcohol motifs (C(OH)–C–C–N with tert-alkyl or cyclic N) is 1. The lowest BCUT2D eigenvalue weighted by atomic mass is 10.2. The molecule has 2 heterocycles. The summed E-state index contributed by atoms with van der Waals surface area (Å²) in [5.41, 5.74) is 2.04. The summed E-state index contributed by atoms with van der Waals surface area (Å²) in [5.74, 6) is -1.12. The van der Waals surface area contributed by atoms with Crippen molar-refractivity contribution in [1.82, 2.24) is 9.47 Å². The maximum absolute atomic E-state index is 13.1. The predicted molar refractivity (Wildman–Crippen MR) is 77.5 cm³/mol. The molecule has 1 aromatic rings. The van der Waals surface area contributed by atoms with E-state index in [9.17, 15) is 27.9 Å². The van der Waals surface area contributed by atoms with E-state index in [1.165, 1.54) is 0 Å². The average Bonchev–Trinajstić information content (AvgIpc) is 2.48. The van der Waals surface area contributed by atoms with Crippen LogP contribution in [0.15, 0.2) is 16.9 Å². The number of ether oxygens (including phenoxy) is 1. The summed E-state index contributed by atoms with van der Waals surface area (Å²) in [6.45, 7) is 1.52. The van der Waals surface area contributed by atoms with Gasteiger partial charge in [-0.3, -0.25) is 14.5 Å². The number of hydrogen-bond donors (Lipinski definition) is 2. The van der Waals surface area contributed by atoms with Crippen molar-refractivity contribution in [3.8, 4) is 0 Å². The van der Waals surface area contributed by atoms with Crippen LogP contribution in [0.5, 0.6) is 0 Å². The molecule has 0 bridgehead atoms. The first-order chi connectivity index (χ1) is 11.2. The second-order valence-corrected chi connectivity index (χ2v) is 5.48. The molecule has 1 aliphatic rings. The Labute approximate surface area is 135 Å². The summed E-state index contributed by atoms with van der Waals surface area (Å²) >= 11 is 0. The summed E-state index contributed by atoms with van der Waals surface area (Å²) < 4.78 is 44.8. The number of morpholine rings is 1. The van der Waals surface area contributed by atoms with Gasteiger partial charge in [-0.2, -0.15) is 13.2 Å². The Kier molecular flexibility index (Phi) is 5.62. The first kappa shape index (κ1) is 18.4. The van der Waals surface area contributed by atoms with E-state index in [0.717, 1.165) is 6.07 Å². The van der Waals surface area contributed by atoms with E-state index < -0.39 is 41.5 Å². The zero-order valence-corrected chi connectivity index (χ0v) is 12.8. The Balaban J connectivity index is 2.27. The number of aromatic nitrogens is 1. The summed E-state index contributed by atoms with van der Waals surface area (Å²) in [7, 11) is 0. The fourth-order valence-electron chi connectivity index (χ4n) is 2.54. The molecular weight excluding hydrogens is 331 g/mol. The number of carbonyl (C=O) groups is 1. The van der Waals surface area contributed by atoms with Gasteiger partial charge in [-0.25, -0.2) is 0 Å². The predicted octanol–water partition coefficient (Wildman–Crippen LogP) is -0.341. The Hall–Kier alpha value is -1.91. The van der Waals surface area contributed by atoms with E-state index in [4.69, 9.17) is 10.5 Å². The SMILES string of the molecule is NC(=O)c1ccc(C(F)(F)F)n(CC(O)CN2CCOCC2)c1=O. The van der Waals surface area contributed by atoms with E-state index in [1.807, 2.05) is 4.90 Å². The smallest absolute Gasteiger partial charge is 0.390 e. The number of aliphatic hydroxyl groups excluding tert-OH is 1. The number of alkyl halides is 3. The number of nitrogens with zero attached hydrogens (tertiary/aromatic N) is 2. The molecule has 1 fully saturated rings. The summed E-state index contributed by atoms with van der Waals surface area (Å²) in [6, 6.07) is 1.36. The van der Waals surface area contributed by atoms with Crippen LogP contribution in [0.4, 0.5) is 13.2 Å². The highest BCUT2D eigenvalue weighted by Gasteiger charge is 2.35. The molecule has 2 rings (SSSR count). The number of nitrogens with two attached hydrogens (primary N) is 1. The Morgan fingerprint density at radius 1 is 1.29 bits per heavy atom. The van der Waals surface area contributed by atoms with Crippen molar-refractivity contribution < 1.29 is 27.8 Å². The van der Waals surface area contributed by atoms with Crippen LogP contribution >= 0.6 is 0 Å². The number of aliphatic hydroxyl groups is 1. The average molecular weight is 349 g/mol. The molecule has 1 atom stereocenters. The van der Waals surface area contributed by atoms with Gasteiger partial charge in [-0.05, 0) is 12.1 Å². The van der Waals surface area contributed by atoms with Crippen LogP contribution in [0, 0.1) is 0 Å². The maximum Gasteiger partial charge on any atom is 0.431 e. The molecule has 0 radical (unpaired) electrons. The van der Waals surface area contributed by atoms with Gasteiger partial charge < -0.3 is 20.1 Å². The van der Waals surface area contributed by atoms with E-state index in [0.29, 0.717) is 36.9 Å². The van der Waals surface area contributed by atoms with Crippen LogP contribution in [0.2, 0.25) is 0 Å². The summed E-state index contributed by atoms with van der Waals surface area (Å²) in [4.78, 5) is 25.1. The van der Waals surface area contributed by atoms with Gasteiger partial charge in [0.15, 0.2) is 0 Å². The minimum absolute atomic E-state index is 0.0912. The molecule has 1 aromatic heterocycles. The van der Waals surface area contributed by atoms with Crippen LogP contribution in [0.25, 0.3) is 0 Å². The van der Waals surface area contributed by atoms with Crippen molar-refractivity contribution >= 4 is 5.91 Å². The number of halogens is 3. The van der Waals surface area contributed by atoms with Gasteiger partial charge in [0.25, 0.3) is 11.5 Å². The van der Waals surface area contributed by atoms with Gasteiger partial charge >= 0.3 is 6.18 Å². The largest absolute Gasteiger partial charge is 0.431 e. The van der Waals surface area contributed by atoms with Crippen LogP contribution in [0.3, 0.4) is 0 Å². The molecule has 24 heavy (non-hydrogen) atoms. The van der Waals surface area contributed by atoms with Gasteiger partial charge in [0, 0.05) is 19.6 Å². The highest BCUT2D eigenvalue weighted by atomic mass is 19.4. The molecule has 0 spiro atoms. The van der Waals surface area contributed by atoms with Crippen molar-refractivity contribution in [3.05, 3.63) is 33.7 Å². The minimum Gasteiger partial charge on any atom is -0.390 e. The van der Waals surface area contributed by atoms with E-state index in [1.54, 1.807) is 0 Å². The molecule has 1 aliphatic heterocycles. The molecule has 10 heteroatoms. The van der Waals surface area contributed by atoms with Crippen LogP contribution in [0.1, 0.15) is 16.1 Å². The van der Waals surface area contributed by atoms with E-state index in [2.05, 4.69) is 0 Å². The zero-order chi connectivity index (χ0) is 17.9. The summed E-state index contributed by atoms with van der Waals surface area (Å²) in [6.07, 6.45) is -6.02. The van der Waals surface area contributed by atoms with Crippen LogP contribution in [-0.4, -0.2) is 59.4 Å². The van der Waals surface area contributed by atoms with Crippen LogP contribution in [-0.2, 0) is 17.5 Å². The number of carbonyl (C=O) groups excluding carboxylic acids is 1. The molecule has 1 unspecified atom stereocenters. The molecular formula is C14H18F3N3O4. The molecule has 0 saturated carbocycles. The lowest BCUT2D eigenvalue weighted by molar-refractivity contribution is -0.144. The van der Waals surface area contributed by atoms with Gasteiger partial charge in [-0.15, -0.1) is 0 Å². The molecule has 0 aromatic carbocycles. The van der Waals surface area contributed by atoms with E-state index in [-0.39, 0.29) is 6.54 Å². The molecule has 1 amide bonds. The number of pyridine rings is 1. The lowest BCUT2D eigenvalue weighted by Crippen LogP contribution is -2.44. The lowest BCUT2D eigenvalue weighted by Gasteiger charge is -2.29. The third-order valence-corrected chi connectivity index (χ3v) is 3.70. The summed E-state index contributed by atoms with van der Waals surface area (Å²) in [5, 5.41) is 10.1. The molecule has 0 aliphatic carbocycles. The molecule has 1 saturated heterocycles. The number of rotatable bonds is 5. The zero-order valence-electron chi connectivity index (χ0n) is 12.8. The van der Waals surface area contributed by atoms with Crippen LogP contribution < -0.4 is 11.3 Å². The third-order valence-electron chi connectivity index (χ3n) is 3.70. The van der Waals surface area contributed by atoms with Crippen molar-refractivity contribution in [2.45, 2.75) is 18.8 Å². The highest BCUT2D eigenvalue weighted by molar-refractivity contribution is 5.92. The van der Waals surface area contributed by atoms with Gasteiger partial charge in [0.1, 0.15) is 11.3 Å². The second kappa shape index (κ2) is 7.32. The number of amides is 1. The Morgan fingerprint density at radius 2 is 1.92 bits per heavy atom. The number of primary amides is 1. The van der Waals surface area contributed by atoms with Gasteiger partial charge in [0.2, 0.25) is 0 Å². The number of hydrogen-bond acceptors (Lipinski definition) is 5. The van der Waals surface area contributed by atoms with Crippen molar-refractivity contribution in [3.63, 3.8) is 0 Å². The second-order valence-electron chi connectivity index (χ2n) is 5.48. The van der Waals surface area contributed by atoms with Crippen molar-refractivity contribution in [2.24, 2.45) is 5.73 Å². The normalized spacial score (nSPS) is 17.7. The van der Waals surface area contributed by atoms with Gasteiger partial charge in [0.05, 0.1) is 25.9 Å². The fraction of sp³-hybridized carbons (Fsp3) is 0.571. The quantitative estimate of drug-likeness (QED) is 0.758. The Morgan fingerprint density at radius 3 is 2.46 bits per heavy atom. The fourth-order valence-corrected chi connectivity index (χ4v) is 2.54. The topological polar surface area (TPSA) is 97.8 Å². The van der Waals surface area contributed by atoms with Crippen molar-refractivity contribution in [2.75, 3.05) is 32.8 Å². The molecule has 134 valence electrons. The monoisotopic (exact) mass is 349 g/mol. The van der Waals surface area contributed by atoms with Gasteiger partial charge in [-0.1, -0.05) is 0 Å². The molecule has 3 N–H and O–H groups in total. The first-order valence-corrected chi connectivity index (χ1v) is 7.29. The maximum atomic E-state index is 13.1. The third kappa shape index (κ3) is 4.34. The standard InChI is InChI=1S/C14H18F3N3O4/c15-14(16,17)11-2-1-10(12(18)22)13(23)20(11)8-9(21)7-19-3-5-24-6-4-19/h1-2,9,21H,3-8H2,(H2,18,22). The first-order valence-electron chi connectivity index (χ1n) is 7.29. The minimum atomic E-state index is -4.80. The molecule has 7 nitrogen and oxygen atoms in total. The van der Waals surface area contributed by atoms with E-state index >= 15 is 0 Å². The van der Waals surface area contributed by atoms with Crippen molar-refractivity contribution in [1.29, 1.82) is 0 Å². The Bertz CT molecular complexity index is 654.